The van der Waals surface area contributed by atoms with Gasteiger partial charge in [-0.1, -0.05) is 5.10 Å². The fraction of sp³-hybridized carbons (Fsp3) is 0.385. The molecular formula is C13H15N7O4. The number of hydrogen-bond acceptors (Lipinski definition) is 8. The molecule has 1 aliphatic heterocycles. The second-order valence-corrected chi connectivity index (χ2v) is 5.11. The van der Waals surface area contributed by atoms with Gasteiger partial charge in [0, 0.05) is 25.2 Å². The molecule has 0 unspecified atom stereocenters. The first-order valence-electron chi connectivity index (χ1n) is 7.21. The van der Waals surface area contributed by atoms with Crippen LogP contribution in [0.2, 0.25) is 0 Å². The number of aromatic nitrogens is 4. The Morgan fingerprint density at radius 2 is 2.12 bits per heavy atom. The van der Waals surface area contributed by atoms with Crippen molar-refractivity contribution < 1.29 is 14.5 Å². The number of tetrazole rings is 1. The first-order valence-corrected chi connectivity index (χ1v) is 7.21. The summed E-state index contributed by atoms with van der Waals surface area (Å²) in [6, 6.07) is 4.20. The average molecular weight is 333 g/mol. The Kier molecular flexibility index (Phi) is 4.33. The fourth-order valence-corrected chi connectivity index (χ4v) is 2.40. The third-order valence-electron chi connectivity index (χ3n) is 3.52. The van der Waals surface area contributed by atoms with Gasteiger partial charge in [-0.3, -0.25) is 20.2 Å². The topological polar surface area (TPSA) is 128 Å². The maximum Gasteiger partial charge on any atom is 0.270 e. The predicted molar refractivity (Wildman–Crippen MR) is 82.9 cm³/mol. The number of aryl methyl sites for hydroxylation is 1. The zero-order chi connectivity index (χ0) is 17.1. The highest BCUT2D eigenvalue weighted by Crippen LogP contribution is 2.27. The number of hydrogen-bond donors (Lipinski definition) is 1. The molecular weight excluding hydrogens is 318 g/mol. The number of rotatable bonds is 4. The average Bonchev–Trinajstić information content (AvgIpc) is 3.00. The Morgan fingerprint density at radius 1 is 1.38 bits per heavy atom. The number of amides is 1. The van der Waals surface area contributed by atoms with Crippen LogP contribution in [0.25, 0.3) is 0 Å². The number of morpholine rings is 1. The number of nitro benzene ring substituents is 1. The summed E-state index contributed by atoms with van der Waals surface area (Å²) < 4.78 is 5.30. The quantitative estimate of drug-likeness (QED) is 0.621. The molecule has 1 saturated heterocycles. The first-order chi connectivity index (χ1) is 11.5. The molecule has 0 aliphatic carbocycles. The van der Waals surface area contributed by atoms with Crippen molar-refractivity contribution in [3.05, 3.63) is 33.9 Å². The van der Waals surface area contributed by atoms with E-state index in [9.17, 15) is 14.9 Å². The number of anilines is 2. The summed E-state index contributed by atoms with van der Waals surface area (Å²) in [5, 5.41) is 24.7. The molecule has 11 nitrogen and oxygen atoms in total. The van der Waals surface area contributed by atoms with Crippen molar-refractivity contribution in [2.75, 3.05) is 36.5 Å². The van der Waals surface area contributed by atoms with E-state index in [0.29, 0.717) is 32.0 Å². The van der Waals surface area contributed by atoms with Gasteiger partial charge in [0.25, 0.3) is 17.5 Å². The Labute approximate surface area is 136 Å². The van der Waals surface area contributed by atoms with Crippen LogP contribution in [0.4, 0.5) is 17.3 Å². The number of nitrogens with one attached hydrogen (secondary N) is 1. The van der Waals surface area contributed by atoms with E-state index in [4.69, 9.17) is 4.74 Å². The molecule has 2 aromatic rings. The van der Waals surface area contributed by atoms with Crippen LogP contribution in [-0.2, 0) is 11.8 Å². The molecule has 0 atom stereocenters. The van der Waals surface area contributed by atoms with E-state index >= 15 is 0 Å². The molecule has 1 aromatic heterocycles. The van der Waals surface area contributed by atoms with E-state index in [1.54, 1.807) is 13.1 Å². The highest BCUT2D eigenvalue weighted by atomic mass is 16.6. The predicted octanol–water partition coefficient (Wildman–Crippen LogP) is 0.207. The minimum Gasteiger partial charge on any atom is -0.378 e. The van der Waals surface area contributed by atoms with Crippen LogP contribution in [-0.4, -0.2) is 57.3 Å². The zero-order valence-electron chi connectivity index (χ0n) is 12.9. The molecule has 3 rings (SSSR count). The van der Waals surface area contributed by atoms with Gasteiger partial charge in [-0.05, 0) is 11.3 Å². The number of ether oxygens (including phenoxy) is 1. The van der Waals surface area contributed by atoms with Gasteiger partial charge >= 0.3 is 0 Å². The standard InChI is InChI=1S/C13H15N7O4/c1-18-16-13(15-17-18)14-12(21)10-8-9(20(22)23)2-3-11(10)19-4-6-24-7-5-19/h2-3,8H,4-7H2,1H3,(H,14,16,21). The summed E-state index contributed by atoms with van der Waals surface area (Å²) in [6.07, 6.45) is 0. The third kappa shape index (κ3) is 3.30. The lowest BCUT2D eigenvalue weighted by Crippen LogP contribution is -2.37. The van der Waals surface area contributed by atoms with Crippen molar-refractivity contribution >= 4 is 23.2 Å². The summed E-state index contributed by atoms with van der Waals surface area (Å²) in [5.74, 6) is -0.505. The molecule has 1 aliphatic rings. The lowest BCUT2D eigenvalue weighted by Gasteiger charge is -2.30. The molecule has 2 heterocycles. The Morgan fingerprint density at radius 3 is 2.75 bits per heavy atom. The second-order valence-electron chi connectivity index (χ2n) is 5.11. The molecule has 0 spiro atoms. The van der Waals surface area contributed by atoms with Crippen molar-refractivity contribution in [2.24, 2.45) is 7.05 Å². The smallest absolute Gasteiger partial charge is 0.270 e. The van der Waals surface area contributed by atoms with Crippen molar-refractivity contribution in [3.63, 3.8) is 0 Å². The van der Waals surface area contributed by atoms with E-state index < -0.39 is 10.8 Å². The summed E-state index contributed by atoms with van der Waals surface area (Å²) in [4.78, 5) is 26.2. The van der Waals surface area contributed by atoms with Crippen LogP contribution in [0.5, 0.6) is 0 Å². The third-order valence-corrected chi connectivity index (χ3v) is 3.52. The summed E-state index contributed by atoms with van der Waals surface area (Å²) in [7, 11) is 1.56. The van der Waals surface area contributed by atoms with Crippen LogP contribution in [0.15, 0.2) is 18.2 Å². The van der Waals surface area contributed by atoms with E-state index in [1.165, 1.54) is 16.9 Å². The van der Waals surface area contributed by atoms with Crippen molar-refractivity contribution in [2.45, 2.75) is 0 Å². The molecule has 24 heavy (non-hydrogen) atoms. The molecule has 11 heteroatoms. The van der Waals surface area contributed by atoms with Gasteiger partial charge in [-0.15, -0.1) is 5.10 Å². The lowest BCUT2D eigenvalue weighted by molar-refractivity contribution is -0.384. The number of nitrogens with zero attached hydrogens (tertiary/aromatic N) is 6. The van der Waals surface area contributed by atoms with E-state index in [1.807, 2.05) is 4.90 Å². The Hall–Kier alpha value is -3.08. The number of carbonyl (C=O) groups is 1. The van der Waals surface area contributed by atoms with Crippen LogP contribution in [0.3, 0.4) is 0 Å². The maximum atomic E-state index is 12.6. The summed E-state index contributed by atoms with van der Waals surface area (Å²) >= 11 is 0. The minimum atomic E-state index is -0.541. The first kappa shape index (κ1) is 15.8. The van der Waals surface area contributed by atoms with Gasteiger partial charge in [-0.2, -0.15) is 4.80 Å². The highest BCUT2D eigenvalue weighted by Gasteiger charge is 2.22. The molecule has 0 bridgehead atoms. The van der Waals surface area contributed by atoms with E-state index in [2.05, 4.69) is 20.7 Å². The van der Waals surface area contributed by atoms with Crippen LogP contribution < -0.4 is 10.2 Å². The molecule has 1 amide bonds. The molecule has 1 N–H and O–H groups in total. The number of benzene rings is 1. The zero-order valence-corrected chi connectivity index (χ0v) is 12.9. The minimum absolute atomic E-state index is 0.0296. The Bertz CT molecular complexity index is 769. The maximum absolute atomic E-state index is 12.6. The van der Waals surface area contributed by atoms with Crippen molar-refractivity contribution in [1.82, 2.24) is 20.2 Å². The fourth-order valence-electron chi connectivity index (χ4n) is 2.40. The lowest BCUT2D eigenvalue weighted by atomic mass is 10.1. The molecule has 0 radical (unpaired) electrons. The van der Waals surface area contributed by atoms with Crippen molar-refractivity contribution in [3.8, 4) is 0 Å². The largest absolute Gasteiger partial charge is 0.378 e. The molecule has 126 valence electrons. The summed E-state index contributed by atoms with van der Waals surface area (Å²) in [5.41, 5.74) is 0.619. The van der Waals surface area contributed by atoms with Crippen molar-refractivity contribution in [1.29, 1.82) is 0 Å². The second kappa shape index (κ2) is 6.58. The number of nitro groups is 1. The molecule has 1 aromatic carbocycles. The normalized spacial score (nSPS) is 14.5. The molecule has 0 saturated carbocycles. The van der Waals surface area contributed by atoms with Crippen LogP contribution in [0, 0.1) is 10.1 Å². The van der Waals surface area contributed by atoms with E-state index in [-0.39, 0.29) is 17.2 Å². The highest BCUT2D eigenvalue weighted by molar-refractivity contribution is 6.07. The van der Waals surface area contributed by atoms with Gasteiger partial charge in [-0.25, -0.2) is 0 Å². The van der Waals surface area contributed by atoms with Gasteiger partial charge in [0.05, 0.1) is 36.4 Å². The van der Waals surface area contributed by atoms with Gasteiger partial charge in [0.2, 0.25) is 0 Å². The molecule has 1 fully saturated rings. The van der Waals surface area contributed by atoms with Gasteiger partial charge < -0.3 is 9.64 Å². The summed E-state index contributed by atoms with van der Waals surface area (Å²) in [6.45, 7) is 2.26. The monoisotopic (exact) mass is 333 g/mol. The van der Waals surface area contributed by atoms with Gasteiger partial charge in [0.1, 0.15) is 0 Å². The van der Waals surface area contributed by atoms with E-state index in [0.717, 1.165) is 0 Å². The number of non-ortho nitro benzene ring substituents is 1. The number of carbonyl (C=O) groups excluding carboxylic acids is 1. The van der Waals surface area contributed by atoms with Crippen LogP contribution in [0.1, 0.15) is 10.4 Å². The van der Waals surface area contributed by atoms with Crippen LogP contribution >= 0.6 is 0 Å². The Balaban J connectivity index is 1.93. The van der Waals surface area contributed by atoms with Gasteiger partial charge in [0.15, 0.2) is 0 Å². The SMILES string of the molecule is Cn1nnc(NC(=O)c2cc([N+](=O)[O-])ccc2N2CCOCC2)n1.